The summed E-state index contributed by atoms with van der Waals surface area (Å²) in [5.74, 6) is -3.71. The van der Waals surface area contributed by atoms with Crippen molar-refractivity contribution >= 4 is 29.4 Å². The molecule has 4 aromatic carbocycles. The third-order valence-electron chi connectivity index (χ3n) is 6.33. The molecule has 10 nitrogen and oxygen atoms in total. The Balaban J connectivity index is 1.43. The van der Waals surface area contributed by atoms with E-state index in [9.17, 15) is 29.3 Å². The van der Waals surface area contributed by atoms with Crippen LogP contribution in [-0.4, -0.2) is 28.6 Å². The average Bonchev–Trinajstić information content (AvgIpc) is 3.03. The number of ketones is 1. The summed E-state index contributed by atoms with van der Waals surface area (Å²) in [6.45, 7) is -0.0148. The third-order valence-corrected chi connectivity index (χ3v) is 6.33. The van der Waals surface area contributed by atoms with Crippen LogP contribution in [0.4, 0.5) is 5.69 Å². The van der Waals surface area contributed by atoms with Crippen molar-refractivity contribution in [2.45, 2.75) is 26.1 Å². The molecule has 0 fully saturated rings. The number of Topliss-reactive ketones (excluding diaryl/α,β-unsaturated/α-hetero) is 1. The number of non-ortho nitro benzene ring substituents is 1. The molecule has 0 unspecified atom stereocenters. The van der Waals surface area contributed by atoms with Crippen LogP contribution in [0.3, 0.4) is 0 Å². The van der Waals surface area contributed by atoms with Crippen LogP contribution in [0.1, 0.15) is 44.7 Å². The lowest BCUT2D eigenvalue weighted by Crippen LogP contribution is -2.25. The number of hydrogen-bond acceptors (Lipinski definition) is 9. The van der Waals surface area contributed by atoms with Gasteiger partial charge in [0.05, 0.1) is 22.8 Å². The van der Waals surface area contributed by atoms with Crippen molar-refractivity contribution in [2.75, 3.05) is 0 Å². The van der Waals surface area contributed by atoms with Crippen molar-refractivity contribution in [3.8, 4) is 5.75 Å². The van der Waals surface area contributed by atoms with E-state index < -0.39 is 34.5 Å². The number of ether oxygens (including phenoxy) is 3. The van der Waals surface area contributed by atoms with Gasteiger partial charge >= 0.3 is 17.9 Å². The van der Waals surface area contributed by atoms with Gasteiger partial charge in [-0.25, -0.2) is 4.79 Å². The first-order chi connectivity index (χ1) is 20.8. The van der Waals surface area contributed by atoms with Gasteiger partial charge in [-0.05, 0) is 35.4 Å². The fourth-order valence-electron chi connectivity index (χ4n) is 4.04. The van der Waals surface area contributed by atoms with E-state index in [4.69, 9.17) is 14.2 Å². The summed E-state index contributed by atoms with van der Waals surface area (Å²) in [6, 6.07) is 28.7. The lowest BCUT2D eigenvalue weighted by molar-refractivity contribution is -0.384. The van der Waals surface area contributed by atoms with E-state index in [1.165, 1.54) is 48.5 Å². The highest BCUT2D eigenvalue weighted by Gasteiger charge is 2.28. The minimum absolute atomic E-state index is 0.0155. The molecule has 0 spiro atoms. The Hall–Kier alpha value is -5.64. The second-order valence-electron chi connectivity index (χ2n) is 9.49. The number of carbonyl (C=O) groups is 4. The standard InChI is InChI=1S/C33H27NO9/c35-30(26-12-7-13-29(18-26)43-33(38)25-14-16-28(17-15-25)34(39)40)19-27(32(37)42-22-24-10-5-2-6-11-24)20-31(36)41-21-23-8-3-1-4-9-23/h1-18,27H,19-22H2/t27-/m0/s1. The fourth-order valence-corrected chi connectivity index (χ4v) is 4.04. The molecule has 10 heteroatoms. The molecule has 0 heterocycles. The van der Waals surface area contributed by atoms with Crippen molar-refractivity contribution in [3.63, 3.8) is 0 Å². The zero-order valence-electron chi connectivity index (χ0n) is 22.9. The molecule has 0 saturated heterocycles. The highest BCUT2D eigenvalue weighted by Crippen LogP contribution is 2.22. The minimum Gasteiger partial charge on any atom is -0.461 e. The maximum Gasteiger partial charge on any atom is 0.343 e. The summed E-state index contributed by atoms with van der Waals surface area (Å²) in [7, 11) is 0. The first-order valence-corrected chi connectivity index (χ1v) is 13.3. The number of nitro groups is 1. The third kappa shape index (κ3) is 9.19. The van der Waals surface area contributed by atoms with Gasteiger partial charge < -0.3 is 14.2 Å². The molecule has 0 amide bonds. The molecule has 4 rings (SSSR count). The normalized spacial score (nSPS) is 11.2. The molecule has 218 valence electrons. The van der Waals surface area contributed by atoms with Crippen LogP contribution < -0.4 is 4.74 Å². The van der Waals surface area contributed by atoms with Gasteiger partial charge in [-0.3, -0.25) is 24.5 Å². The van der Waals surface area contributed by atoms with Crippen LogP contribution in [0.5, 0.6) is 5.75 Å². The highest BCUT2D eigenvalue weighted by atomic mass is 16.6. The van der Waals surface area contributed by atoms with Crippen molar-refractivity contribution in [2.24, 2.45) is 5.92 Å². The SMILES string of the molecule is O=C(C[C@H](CC(=O)c1cccc(OC(=O)c2ccc([N+](=O)[O-])cc2)c1)C(=O)OCc1ccccc1)OCc1ccccc1. The minimum atomic E-state index is -1.12. The molecular formula is C33H27NO9. The molecule has 0 radical (unpaired) electrons. The highest BCUT2D eigenvalue weighted by molar-refractivity contribution is 5.99. The van der Waals surface area contributed by atoms with E-state index in [-0.39, 0.29) is 48.6 Å². The van der Waals surface area contributed by atoms with Gasteiger partial charge in [0.2, 0.25) is 0 Å². The molecule has 43 heavy (non-hydrogen) atoms. The molecule has 0 aliphatic heterocycles. The molecular weight excluding hydrogens is 554 g/mol. The number of nitro benzene ring substituents is 1. The zero-order valence-corrected chi connectivity index (χ0v) is 22.9. The van der Waals surface area contributed by atoms with E-state index in [0.29, 0.717) is 0 Å². The van der Waals surface area contributed by atoms with E-state index in [1.807, 2.05) is 24.3 Å². The summed E-state index contributed by atoms with van der Waals surface area (Å²) in [6.07, 6.45) is -0.727. The van der Waals surface area contributed by atoms with Gasteiger partial charge in [-0.15, -0.1) is 0 Å². The Labute approximate surface area is 247 Å². The van der Waals surface area contributed by atoms with Crippen molar-refractivity contribution in [3.05, 3.63) is 142 Å². The van der Waals surface area contributed by atoms with E-state index in [1.54, 1.807) is 36.4 Å². The van der Waals surface area contributed by atoms with E-state index >= 15 is 0 Å². The summed E-state index contributed by atoms with van der Waals surface area (Å²) in [5.41, 5.74) is 1.57. The molecule has 1 atom stereocenters. The molecule has 0 aliphatic carbocycles. The second kappa shape index (κ2) is 14.8. The summed E-state index contributed by atoms with van der Waals surface area (Å²) < 4.78 is 16.1. The zero-order chi connectivity index (χ0) is 30.6. The summed E-state index contributed by atoms with van der Waals surface area (Å²) in [4.78, 5) is 61.7. The molecule has 0 saturated carbocycles. The number of nitrogens with zero attached hydrogens (tertiary/aromatic N) is 1. The fraction of sp³-hybridized carbons (Fsp3) is 0.152. The first-order valence-electron chi connectivity index (χ1n) is 13.3. The molecule has 4 aromatic rings. The van der Waals surface area contributed by atoms with Crippen LogP contribution in [0.25, 0.3) is 0 Å². The van der Waals surface area contributed by atoms with Crippen LogP contribution in [-0.2, 0) is 32.3 Å². The average molecular weight is 582 g/mol. The van der Waals surface area contributed by atoms with Crippen LogP contribution in [0.15, 0.2) is 109 Å². The summed E-state index contributed by atoms with van der Waals surface area (Å²) in [5, 5.41) is 10.8. The Morgan fingerprint density at radius 2 is 1.28 bits per heavy atom. The van der Waals surface area contributed by atoms with E-state index in [2.05, 4.69) is 0 Å². The second-order valence-corrected chi connectivity index (χ2v) is 9.49. The molecule has 0 aliphatic rings. The largest absolute Gasteiger partial charge is 0.461 e. The van der Waals surface area contributed by atoms with Crippen molar-refractivity contribution < 1.29 is 38.3 Å². The lowest BCUT2D eigenvalue weighted by Gasteiger charge is -2.16. The van der Waals surface area contributed by atoms with Gasteiger partial charge in [0, 0.05) is 24.1 Å². The monoisotopic (exact) mass is 581 g/mol. The van der Waals surface area contributed by atoms with E-state index in [0.717, 1.165) is 11.1 Å². The first kappa shape index (κ1) is 30.3. The van der Waals surface area contributed by atoms with Gasteiger partial charge in [0.15, 0.2) is 5.78 Å². The van der Waals surface area contributed by atoms with Gasteiger partial charge in [0.25, 0.3) is 5.69 Å². The number of esters is 3. The molecule has 0 N–H and O–H groups in total. The lowest BCUT2D eigenvalue weighted by atomic mass is 9.95. The quantitative estimate of drug-likeness (QED) is 0.0622. The van der Waals surface area contributed by atoms with Crippen LogP contribution in [0.2, 0.25) is 0 Å². The Bertz CT molecular complexity index is 1590. The topological polar surface area (TPSA) is 139 Å². The Kier molecular flexibility index (Phi) is 10.5. The molecule has 0 bridgehead atoms. The summed E-state index contributed by atoms with van der Waals surface area (Å²) >= 11 is 0. The number of benzene rings is 4. The number of carbonyl (C=O) groups excluding carboxylic acids is 4. The number of rotatable bonds is 13. The van der Waals surface area contributed by atoms with Crippen LogP contribution >= 0.6 is 0 Å². The maximum atomic E-state index is 13.2. The van der Waals surface area contributed by atoms with Crippen molar-refractivity contribution in [1.82, 2.24) is 0 Å². The Morgan fingerprint density at radius 1 is 0.674 bits per heavy atom. The van der Waals surface area contributed by atoms with Gasteiger partial charge in [0.1, 0.15) is 19.0 Å². The molecule has 0 aromatic heterocycles. The van der Waals surface area contributed by atoms with Crippen LogP contribution in [0, 0.1) is 16.0 Å². The smallest absolute Gasteiger partial charge is 0.343 e. The Morgan fingerprint density at radius 3 is 1.88 bits per heavy atom. The van der Waals surface area contributed by atoms with Crippen molar-refractivity contribution in [1.29, 1.82) is 0 Å². The predicted molar refractivity (Wildman–Crippen MR) is 154 cm³/mol. The predicted octanol–water partition coefficient (Wildman–Crippen LogP) is 5.88. The van der Waals surface area contributed by atoms with Gasteiger partial charge in [-0.1, -0.05) is 72.8 Å². The number of hydrogen-bond donors (Lipinski definition) is 0. The maximum absolute atomic E-state index is 13.2. The van der Waals surface area contributed by atoms with Gasteiger partial charge in [-0.2, -0.15) is 0 Å².